The fourth-order valence-electron chi connectivity index (χ4n) is 2.32. The molecule has 1 saturated heterocycles. The van der Waals surface area contributed by atoms with Gasteiger partial charge in [-0.05, 0) is 37.6 Å². The van der Waals surface area contributed by atoms with Crippen LogP contribution in [0.2, 0.25) is 0 Å². The molecule has 0 amide bonds. The number of rotatable bonds is 4. The van der Waals surface area contributed by atoms with Crippen LogP contribution < -0.4 is 4.90 Å². The highest BCUT2D eigenvalue weighted by Gasteiger charge is 2.38. The first kappa shape index (κ1) is 16.1. The lowest BCUT2D eigenvalue weighted by Gasteiger charge is -2.29. The lowest BCUT2D eigenvalue weighted by Crippen LogP contribution is -2.41. The number of carbonyl (C=O) groups excluding carboxylic acids is 2. The van der Waals surface area contributed by atoms with Crippen molar-refractivity contribution in [3.63, 3.8) is 0 Å². The molecule has 1 aliphatic heterocycles. The average molecular weight is 303 g/mol. The van der Waals surface area contributed by atoms with Gasteiger partial charge in [-0.15, -0.1) is 0 Å². The highest BCUT2D eigenvalue weighted by molar-refractivity contribution is 6.18. The number of benzene rings is 1. The van der Waals surface area contributed by atoms with Crippen LogP contribution in [0.15, 0.2) is 29.8 Å². The average Bonchev–Trinajstić information content (AvgIpc) is 2.45. The molecular formula is C17H21NO4. The van der Waals surface area contributed by atoms with Crippen molar-refractivity contribution in [2.75, 3.05) is 18.0 Å². The maximum absolute atomic E-state index is 11.9. The van der Waals surface area contributed by atoms with Gasteiger partial charge in [0, 0.05) is 32.6 Å². The minimum absolute atomic E-state index is 0.0880. The van der Waals surface area contributed by atoms with Crippen molar-refractivity contribution < 1.29 is 19.1 Å². The zero-order valence-corrected chi connectivity index (χ0v) is 13.4. The zero-order valence-electron chi connectivity index (χ0n) is 13.4. The lowest BCUT2D eigenvalue weighted by molar-refractivity contribution is -0.222. The van der Waals surface area contributed by atoms with E-state index < -0.39 is 17.7 Å². The SMILES string of the molecule is CCN(CC)c1ccc(C=C2C(=O)OC(C)(C)OC2=O)cc1. The second kappa shape index (κ2) is 6.22. The number of carbonyl (C=O) groups is 2. The third kappa shape index (κ3) is 3.47. The quantitative estimate of drug-likeness (QED) is 0.486. The summed E-state index contributed by atoms with van der Waals surface area (Å²) in [5.74, 6) is -2.53. The van der Waals surface area contributed by atoms with Gasteiger partial charge in [0.2, 0.25) is 0 Å². The maximum Gasteiger partial charge on any atom is 0.348 e. The summed E-state index contributed by atoms with van der Waals surface area (Å²) < 4.78 is 10.1. The summed E-state index contributed by atoms with van der Waals surface area (Å²) in [5.41, 5.74) is 1.76. The molecule has 0 unspecified atom stereocenters. The number of esters is 2. The first-order chi connectivity index (χ1) is 10.4. The Balaban J connectivity index is 2.22. The molecule has 2 rings (SSSR count). The Morgan fingerprint density at radius 1 is 1.00 bits per heavy atom. The summed E-state index contributed by atoms with van der Waals surface area (Å²) in [5, 5.41) is 0. The number of hydrogen-bond donors (Lipinski definition) is 0. The fourth-order valence-corrected chi connectivity index (χ4v) is 2.32. The highest BCUT2D eigenvalue weighted by Crippen LogP contribution is 2.24. The van der Waals surface area contributed by atoms with Crippen LogP contribution in [0.3, 0.4) is 0 Å². The Bertz CT molecular complexity index is 576. The van der Waals surface area contributed by atoms with Crippen molar-refractivity contribution in [3.05, 3.63) is 35.4 Å². The van der Waals surface area contributed by atoms with Gasteiger partial charge in [-0.3, -0.25) is 0 Å². The highest BCUT2D eigenvalue weighted by atomic mass is 16.7. The van der Waals surface area contributed by atoms with Gasteiger partial charge in [0.1, 0.15) is 5.57 Å². The van der Waals surface area contributed by atoms with E-state index in [4.69, 9.17) is 9.47 Å². The van der Waals surface area contributed by atoms with Gasteiger partial charge in [0.15, 0.2) is 0 Å². The van der Waals surface area contributed by atoms with Crippen molar-refractivity contribution >= 4 is 23.7 Å². The molecule has 0 aromatic heterocycles. The van der Waals surface area contributed by atoms with E-state index in [9.17, 15) is 9.59 Å². The number of cyclic esters (lactones) is 2. The molecule has 0 spiro atoms. The number of hydrogen-bond acceptors (Lipinski definition) is 5. The van der Waals surface area contributed by atoms with Crippen molar-refractivity contribution in [2.24, 2.45) is 0 Å². The summed E-state index contributed by atoms with van der Waals surface area (Å²) in [6.07, 6.45) is 1.49. The number of ether oxygens (including phenoxy) is 2. The standard InChI is InChI=1S/C17H21NO4/c1-5-18(6-2)13-9-7-12(8-10-13)11-14-15(19)21-17(3,4)22-16(14)20/h7-11H,5-6H2,1-4H3. The van der Waals surface area contributed by atoms with Gasteiger partial charge in [0.25, 0.3) is 5.79 Å². The lowest BCUT2D eigenvalue weighted by atomic mass is 10.1. The largest absolute Gasteiger partial charge is 0.419 e. The Morgan fingerprint density at radius 2 is 1.50 bits per heavy atom. The number of nitrogens with zero attached hydrogens (tertiary/aromatic N) is 1. The Morgan fingerprint density at radius 3 is 1.95 bits per heavy atom. The van der Waals surface area contributed by atoms with Gasteiger partial charge < -0.3 is 14.4 Å². The van der Waals surface area contributed by atoms with Crippen LogP contribution in [0.25, 0.3) is 6.08 Å². The minimum atomic E-state index is -1.21. The molecule has 1 aromatic carbocycles. The molecule has 5 nitrogen and oxygen atoms in total. The molecule has 0 saturated carbocycles. The fraction of sp³-hybridized carbons (Fsp3) is 0.412. The molecule has 22 heavy (non-hydrogen) atoms. The molecular weight excluding hydrogens is 282 g/mol. The molecule has 0 radical (unpaired) electrons. The molecule has 0 bridgehead atoms. The Labute approximate surface area is 130 Å². The van der Waals surface area contributed by atoms with E-state index in [0.29, 0.717) is 0 Å². The molecule has 5 heteroatoms. The van der Waals surface area contributed by atoms with Gasteiger partial charge in [-0.2, -0.15) is 0 Å². The van der Waals surface area contributed by atoms with E-state index in [1.54, 1.807) is 0 Å². The van der Waals surface area contributed by atoms with Gasteiger partial charge in [-0.1, -0.05) is 12.1 Å². The summed E-state index contributed by atoms with van der Waals surface area (Å²) in [7, 11) is 0. The van der Waals surface area contributed by atoms with Crippen molar-refractivity contribution in [2.45, 2.75) is 33.5 Å². The van der Waals surface area contributed by atoms with Crippen LogP contribution in [0.5, 0.6) is 0 Å². The van der Waals surface area contributed by atoms with E-state index in [-0.39, 0.29) is 5.57 Å². The molecule has 0 atom stereocenters. The van der Waals surface area contributed by atoms with E-state index in [0.717, 1.165) is 24.3 Å². The minimum Gasteiger partial charge on any atom is -0.419 e. The van der Waals surface area contributed by atoms with E-state index >= 15 is 0 Å². The van der Waals surface area contributed by atoms with Crippen LogP contribution >= 0.6 is 0 Å². The molecule has 1 aliphatic rings. The third-order valence-electron chi connectivity index (χ3n) is 3.45. The Hall–Kier alpha value is -2.30. The summed E-state index contributed by atoms with van der Waals surface area (Å²) >= 11 is 0. The molecule has 1 aromatic rings. The molecule has 1 fully saturated rings. The monoisotopic (exact) mass is 303 g/mol. The van der Waals surface area contributed by atoms with Crippen LogP contribution in [-0.4, -0.2) is 30.8 Å². The van der Waals surface area contributed by atoms with Gasteiger partial charge >= 0.3 is 11.9 Å². The van der Waals surface area contributed by atoms with Gasteiger partial charge in [0.05, 0.1) is 0 Å². The second-order valence-corrected chi connectivity index (χ2v) is 5.50. The van der Waals surface area contributed by atoms with Crippen LogP contribution in [-0.2, 0) is 19.1 Å². The van der Waals surface area contributed by atoms with Gasteiger partial charge in [-0.25, -0.2) is 9.59 Å². The van der Waals surface area contributed by atoms with Crippen molar-refractivity contribution in [3.8, 4) is 0 Å². The first-order valence-corrected chi connectivity index (χ1v) is 7.39. The predicted octanol–water partition coefficient (Wildman–Crippen LogP) is 2.75. The summed E-state index contributed by atoms with van der Waals surface area (Å²) in [4.78, 5) is 26.0. The smallest absolute Gasteiger partial charge is 0.348 e. The molecule has 0 N–H and O–H groups in total. The normalized spacial score (nSPS) is 16.8. The summed E-state index contributed by atoms with van der Waals surface area (Å²) in [6, 6.07) is 7.65. The zero-order chi connectivity index (χ0) is 16.3. The van der Waals surface area contributed by atoms with E-state index in [2.05, 4.69) is 18.7 Å². The van der Waals surface area contributed by atoms with Crippen LogP contribution in [0, 0.1) is 0 Å². The second-order valence-electron chi connectivity index (χ2n) is 5.50. The molecule has 1 heterocycles. The predicted molar refractivity (Wildman–Crippen MR) is 84.2 cm³/mol. The number of anilines is 1. The van der Waals surface area contributed by atoms with Crippen LogP contribution in [0.1, 0.15) is 33.3 Å². The Kier molecular flexibility index (Phi) is 4.54. The van der Waals surface area contributed by atoms with E-state index in [1.807, 2.05) is 24.3 Å². The molecule has 118 valence electrons. The van der Waals surface area contributed by atoms with Crippen molar-refractivity contribution in [1.82, 2.24) is 0 Å². The van der Waals surface area contributed by atoms with Crippen LogP contribution in [0.4, 0.5) is 5.69 Å². The topological polar surface area (TPSA) is 55.8 Å². The first-order valence-electron chi connectivity index (χ1n) is 7.39. The summed E-state index contributed by atoms with van der Waals surface area (Å²) in [6.45, 7) is 9.08. The maximum atomic E-state index is 11.9. The third-order valence-corrected chi connectivity index (χ3v) is 3.45. The van der Waals surface area contributed by atoms with E-state index in [1.165, 1.54) is 19.9 Å². The molecule has 0 aliphatic carbocycles. The van der Waals surface area contributed by atoms with Crippen molar-refractivity contribution in [1.29, 1.82) is 0 Å².